The second-order valence-electron chi connectivity index (χ2n) is 3.01. The highest BCUT2D eigenvalue weighted by atomic mass is 19.4. The lowest BCUT2D eigenvalue weighted by Crippen LogP contribution is -2.33. The summed E-state index contributed by atoms with van der Waals surface area (Å²) in [4.78, 5) is 0. The molecule has 0 aromatic heterocycles. The first-order valence-corrected chi connectivity index (χ1v) is 4.24. The van der Waals surface area contributed by atoms with E-state index in [4.69, 9.17) is 10.0 Å². The van der Waals surface area contributed by atoms with Crippen LogP contribution in [0.5, 0.6) is 5.75 Å². The van der Waals surface area contributed by atoms with Crippen LogP contribution in [-0.2, 0) is 0 Å². The summed E-state index contributed by atoms with van der Waals surface area (Å²) in [6, 6.07) is 1.81. The lowest BCUT2D eigenvalue weighted by Gasteiger charge is -2.12. The van der Waals surface area contributed by atoms with Gasteiger partial charge >= 0.3 is 13.5 Å². The van der Waals surface area contributed by atoms with Gasteiger partial charge in [-0.1, -0.05) is 6.07 Å². The molecule has 0 unspecified atom stereocenters. The molecule has 0 aliphatic heterocycles. The van der Waals surface area contributed by atoms with Crippen LogP contribution >= 0.6 is 0 Å². The number of hydrogen-bond acceptors (Lipinski definition) is 3. The van der Waals surface area contributed by atoms with Crippen molar-refractivity contribution in [3.63, 3.8) is 0 Å². The monoisotopic (exact) mass is 256 g/mol. The second-order valence-corrected chi connectivity index (χ2v) is 3.01. The average Bonchev–Trinajstić information content (AvgIpc) is 2.14. The molecular formula is C8H6BF5O3. The fraction of sp³-hybridized carbons (Fsp3) is 0.250. The Bertz CT molecular complexity index is 393. The Balaban J connectivity index is 3.10. The van der Waals surface area contributed by atoms with Crippen LogP contribution in [0.25, 0.3) is 0 Å². The molecule has 1 aromatic rings. The molecular weight excluding hydrogens is 250 g/mol. The Hall–Kier alpha value is -1.35. The van der Waals surface area contributed by atoms with Gasteiger partial charge in [-0.05, 0) is 17.6 Å². The number of benzene rings is 1. The van der Waals surface area contributed by atoms with Crippen LogP contribution in [0.2, 0.25) is 0 Å². The minimum atomic E-state index is -4.98. The standard InChI is InChI=1S/C8H6BF5O3/c10-7(11)5-2-1-4(17-8(12,13)14)3-6(5)9(15)16/h1-3,7,15-16H. The van der Waals surface area contributed by atoms with Crippen LogP contribution < -0.4 is 10.2 Å². The third-order valence-corrected chi connectivity index (χ3v) is 1.81. The fourth-order valence-electron chi connectivity index (χ4n) is 1.17. The number of hydrogen-bond donors (Lipinski definition) is 2. The summed E-state index contributed by atoms with van der Waals surface area (Å²) in [6.07, 6.45) is -8.02. The Labute approximate surface area is 92.6 Å². The molecule has 17 heavy (non-hydrogen) atoms. The van der Waals surface area contributed by atoms with Gasteiger partial charge in [-0.2, -0.15) is 0 Å². The summed E-state index contributed by atoms with van der Waals surface area (Å²) in [6.45, 7) is 0. The van der Waals surface area contributed by atoms with Crippen LogP contribution in [0.3, 0.4) is 0 Å². The van der Waals surface area contributed by atoms with Crippen molar-refractivity contribution in [3.05, 3.63) is 23.8 Å². The van der Waals surface area contributed by atoms with Crippen LogP contribution in [-0.4, -0.2) is 23.5 Å². The highest BCUT2D eigenvalue weighted by Crippen LogP contribution is 2.25. The molecule has 1 aromatic carbocycles. The third-order valence-electron chi connectivity index (χ3n) is 1.81. The van der Waals surface area contributed by atoms with E-state index >= 15 is 0 Å². The highest BCUT2D eigenvalue weighted by molar-refractivity contribution is 6.59. The average molecular weight is 256 g/mol. The number of ether oxygens (including phenoxy) is 1. The Morgan fingerprint density at radius 1 is 1.18 bits per heavy atom. The van der Waals surface area contributed by atoms with Gasteiger partial charge in [0.2, 0.25) is 0 Å². The molecule has 9 heteroatoms. The van der Waals surface area contributed by atoms with Gasteiger partial charge in [0.05, 0.1) is 0 Å². The van der Waals surface area contributed by atoms with Crippen molar-refractivity contribution in [3.8, 4) is 5.75 Å². The molecule has 0 bridgehead atoms. The fourth-order valence-corrected chi connectivity index (χ4v) is 1.17. The zero-order chi connectivity index (χ0) is 13.2. The predicted molar refractivity (Wildman–Crippen MR) is 47.9 cm³/mol. The second kappa shape index (κ2) is 4.88. The van der Waals surface area contributed by atoms with E-state index in [0.717, 1.165) is 0 Å². The van der Waals surface area contributed by atoms with Gasteiger partial charge in [0.25, 0.3) is 6.43 Å². The van der Waals surface area contributed by atoms with E-state index in [1.54, 1.807) is 0 Å². The molecule has 2 N–H and O–H groups in total. The summed E-state index contributed by atoms with van der Waals surface area (Å²) >= 11 is 0. The quantitative estimate of drug-likeness (QED) is 0.631. The number of halogens is 5. The molecule has 0 heterocycles. The van der Waals surface area contributed by atoms with E-state index in [0.29, 0.717) is 18.2 Å². The maximum atomic E-state index is 12.4. The Kier molecular flexibility index (Phi) is 3.94. The molecule has 0 saturated carbocycles. The van der Waals surface area contributed by atoms with Crippen molar-refractivity contribution >= 4 is 12.6 Å². The zero-order valence-corrected chi connectivity index (χ0v) is 8.08. The Morgan fingerprint density at radius 2 is 1.76 bits per heavy atom. The lowest BCUT2D eigenvalue weighted by atomic mass is 9.77. The third kappa shape index (κ3) is 3.86. The predicted octanol–water partition coefficient (Wildman–Crippen LogP) is 1.20. The molecule has 0 fully saturated rings. The van der Waals surface area contributed by atoms with Crippen molar-refractivity contribution in [2.75, 3.05) is 0 Å². The number of alkyl halides is 5. The molecule has 3 nitrogen and oxygen atoms in total. The van der Waals surface area contributed by atoms with Crippen LogP contribution in [0.15, 0.2) is 18.2 Å². The molecule has 0 saturated heterocycles. The summed E-state index contributed by atoms with van der Waals surface area (Å²) in [5.41, 5.74) is -1.50. The largest absolute Gasteiger partial charge is 0.573 e. The van der Waals surface area contributed by atoms with E-state index < -0.39 is 36.7 Å². The van der Waals surface area contributed by atoms with Gasteiger partial charge < -0.3 is 14.8 Å². The van der Waals surface area contributed by atoms with E-state index in [1.165, 1.54) is 0 Å². The summed E-state index contributed by atoms with van der Waals surface area (Å²) < 4.78 is 63.7. The summed E-state index contributed by atoms with van der Waals surface area (Å²) in [5.74, 6) is -0.801. The molecule has 1 rings (SSSR count). The first-order chi connectivity index (χ1) is 7.70. The summed E-state index contributed by atoms with van der Waals surface area (Å²) in [5, 5.41) is 17.5. The summed E-state index contributed by atoms with van der Waals surface area (Å²) in [7, 11) is -2.31. The highest BCUT2D eigenvalue weighted by Gasteiger charge is 2.32. The number of rotatable bonds is 3. The smallest absolute Gasteiger partial charge is 0.423 e. The van der Waals surface area contributed by atoms with Gasteiger partial charge in [-0.3, -0.25) is 0 Å². The molecule has 0 spiro atoms. The van der Waals surface area contributed by atoms with Gasteiger partial charge in [-0.25, -0.2) is 8.78 Å². The van der Waals surface area contributed by atoms with Crippen molar-refractivity contribution in [2.24, 2.45) is 0 Å². The lowest BCUT2D eigenvalue weighted by molar-refractivity contribution is -0.274. The minimum absolute atomic E-state index is 0.500. The Morgan fingerprint density at radius 3 is 2.18 bits per heavy atom. The van der Waals surface area contributed by atoms with Crippen LogP contribution in [0.1, 0.15) is 12.0 Å². The first kappa shape index (κ1) is 13.7. The molecule has 0 amide bonds. The van der Waals surface area contributed by atoms with E-state index in [-0.39, 0.29) is 0 Å². The van der Waals surface area contributed by atoms with Gasteiger partial charge in [0.1, 0.15) is 5.75 Å². The topological polar surface area (TPSA) is 49.7 Å². The zero-order valence-electron chi connectivity index (χ0n) is 8.08. The van der Waals surface area contributed by atoms with E-state index in [2.05, 4.69) is 4.74 Å². The van der Waals surface area contributed by atoms with Crippen LogP contribution in [0.4, 0.5) is 22.0 Å². The van der Waals surface area contributed by atoms with Crippen molar-refractivity contribution in [2.45, 2.75) is 12.8 Å². The van der Waals surface area contributed by atoms with Crippen LogP contribution in [0, 0.1) is 0 Å². The van der Waals surface area contributed by atoms with Crippen molar-refractivity contribution in [1.29, 1.82) is 0 Å². The van der Waals surface area contributed by atoms with Crippen molar-refractivity contribution < 1.29 is 36.7 Å². The minimum Gasteiger partial charge on any atom is -0.423 e. The maximum absolute atomic E-state index is 12.4. The molecule has 94 valence electrons. The van der Waals surface area contributed by atoms with Crippen molar-refractivity contribution in [1.82, 2.24) is 0 Å². The molecule has 0 radical (unpaired) electrons. The first-order valence-electron chi connectivity index (χ1n) is 4.24. The van der Waals surface area contributed by atoms with Gasteiger partial charge in [0, 0.05) is 5.56 Å². The van der Waals surface area contributed by atoms with E-state index in [1.807, 2.05) is 0 Å². The van der Waals surface area contributed by atoms with Gasteiger partial charge in [-0.15, -0.1) is 13.2 Å². The molecule has 0 atom stereocenters. The SMILES string of the molecule is OB(O)c1cc(OC(F)(F)F)ccc1C(F)F. The van der Waals surface area contributed by atoms with E-state index in [9.17, 15) is 22.0 Å². The normalized spacial score (nSPS) is 11.8. The van der Waals surface area contributed by atoms with Gasteiger partial charge in [0.15, 0.2) is 0 Å². The molecule has 0 aliphatic carbocycles. The molecule has 0 aliphatic rings. The maximum Gasteiger partial charge on any atom is 0.573 e.